The van der Waals surface area contributed by atoms with Crippen LogP contribution in [0.5, 0.6) is 11.5 Å². The minimum atomic E-state index is -0.467. The predicted molar refractivity (Wildman–Crippen MR) is 67.8 cm³/mol. The summed E-state index contributed by atoms with van der Waals surface area (Å²) in [6.45, 7) is 0. The molecule has 1 saturated carbocycles. The van der Waals surface area contributed by atoms with Crippen LogP contribution in [0.3, 0.4) is 0 Å². The summed E-state index contributed by atoms with van der Waals surface area (Å²) in [5, 5.41) is 22.7. The molecule has 5 nitrogen and oxygen atoms in total. The monoisotopic (exact) mass is 248 g/mol. The van der Waals surface area contributed by atoms with Gasteiger partial charge in [0.2, 0.25) is 0 Å². The lowest BCUT2D eigenvalue weighted by Gasteiger charge is -2.12. The first kappa shape index (κ1) is 12.4. The molecule has 0 bridgehead atoms. The lowest BCUT2D eigenvalue weighted by atomic mass is 9.99. The van der Waals surface area contributed by atoms with Crippen molar-refractivity contribution in [1.82, 2.24) is 5.43 Å². The Balaban J connectivity index is 2.03. The highest BCUT2D eigenvalue weighted by atomic mass is 16.3. The van der Waals surface area contributed by atoms with Gasteiger partial charge in [-0.05, 0) is 37.8 Å². The van der Waals surface area contributed by atoms with Crippen LogP contribution in [-0.2, 0) is 0 Å². The molecule has 1 fully saturated rings. The maximum absolute atomic E-state index is 11.8. The van der Waals surface area contributed by atoms with E-state index in [9.17, 15) is 9.90 Å². The van der Waals surface area contributed by atoms with E-state index in [0.29, 0.717) is 0 Å². The van der Waals surface area contributed by atoms with Crippen LogP contribution in [0.25, 0.3) is 0 Å². The van der Waals surface area contributed by atoms with Crippen molar-refractivity contribution < 1.29 is 15.0 Å². The van der Waals surface area contributed by atoms with E-state index in [4.69, 9.17) is 5.11 Å². The minimum absolute atomic E-state index is 0.0809. The Morgan fingerprint density at radius 3 is 2.56 bits per heavy atom. The average Bonchev–Trinajstić information content (AvgIpc) is 2.37. The van der Waals surface area contributed by atoms with Crippen LogP contribution >= 0.6 is 0 Å². The van der Waals surface area contributed by atoms with Gasteiger partial charge in [0.05, 0.1) is 5.56 Å². The zero-order chi connectivity index (χ0) is 13.0. The molecular formula is C13H16N2O3. The van der Waals surface area contributed by atoms with Crippen molar-refractivity contribution in [2.75, 3.05) is 0 Å². The summed E-state index contributed by atoms with van der Waals surface area (Å²) in [5.74, 6) is -0.801. The van der Waals surface area contributed by atoms with E-state index in [1.807, 2.05) is 0 Å². The van der Waals surface area contributed by atoms with E-state index in [1.54, 1.807) is 0 Å². The van der Waals surface area contributed by atoms with Gasteiger partial charge in [-0.3, -0.25) is 4.79 Å². The fourth-order valence-electron chi connectivity index (χ4n) is 1.97. The standard InChI is InChI=1S/C13H16N2O3/c16-10-6-7-11(12(17)8-10)13(18)15-14-9-4-2-1-3-5-9/h6-8,16-17H,1-5H2,(H,15,18). The van der Waals surface area contributed by atoms with Gasteiger partial charge in [0.1, 0.15) is 11.5 Å². The Hall–Kier alpha value is -2.04. The molecule has 0 aromatic heterocycles. The number of benzene rings is 1. The quantitative estimate of drug-likeness (QED) is 0.701. The van der Waals surface area contributed by atoms with E-state index < -0.39 is 5.91 Å². The number of nitrogens with zero attached hydrogens (tertiary/aromatic N) is 1. The minimum Gasteiger partial charge on any atom is -0.508 e. The summed E-state index contributed by atoms with van der Waals surface area (Å²) in [5.41, 5.74) is 3.53. The van der Waals surface area contributed by atoms with Crippen molar-refractivity contribution >= 4 is 11.6 Å². The van der Waals surface area contributed by atoms with E-state index in [1.165, 1.54) is 18.6 Å². The number of aromatic hydroxyl groups is 2. The van der Waals surface area contributed by atoms with E-state index in [2.05, 4.69) is 10.5 Å². The molecule has 1 amide bonds. The maximum Gasteiger partial charge on any atom is 0.275 e. The van der Waals surface area contributed by atoms with Crippen molar-refractivity contribution in [1.29, 1.82) is 0 Å². The molecule has 3 N–H and O–H groups in total. The zero-order valence-corrected chi connectivity index (χ0v) is 10.0. The number of hydrazone groups is 1. The SMILES string of the molecule is O=C(NN=C1CCCCC1)c1ccc(O)cc1O. The number of carbonyl (C=O) groups is 1. The summed E-state index contributed by atoms with van der Waals surface area (Å²) in [7, 11) is 0. The smallest absolute Gasteiger partial charge is 0.275 e. The summed E-state index contributed by atoms with van der Waals surface area (Å²) in [6, 6.07) is 3.84. The molecule has 18 heavy (non-hydrogen) atoms. The molecule has 1 aliphatic carbocycles. The molecule has 0 saturated heterocycles. The third kappa shape index (κ3) is 3.00. The van der Waals surface area contributed by atoms with Gasteiger partial charge in [0, 0.05) is 11.8 Å². The average molecular weight is 248 g/mol. The molecule has 1 aromatic carbocycles. The number of hydrogen-bond acceptors (Lipinski definition) is 4. The summed E-state index contributed by atoms with van der Waals surface area (Å²) in [4.78, 5) is 11.8. The first-order valence-corrected chi connectivity index (χ1v) is 6.04. The van der Waals surface area contributed by atoms with Gasteiger partial charge < -0.3 is 10.2 Å². The van der Waals surface area contributed by atoms with Crippen LogP contribution in [0.15, 0.2) is 23.3 Å². The van der Waals surface area contributed by atoms with Crippen molar-refractivity contribution in [3.8, 4) is 11.5 Å². The number of rotatable bonds is 2. The molecule has 0 aliphatic heterocycles. The molecule has 0 unspecified atom stereocenters. The second kappa shape index (κ2) is 5.53. The Labute approximate surface area is 105 Å². The number of carbonyl (C=O) groups excluding carboxylic acids is 1. The molecule has 0 spiro atoms. The van der Waals surface area contributed by atoms with Crippen LogP contribution in [0.1, 0.15) is 42.5 Å². The first-order valence-electron chi connectivity index (χ1n) is 6.04. The number of hydrogen-bond donors (Lipinski definition) is 3. The molecule has 0 heterocycles. The molecule has 0 atom stereocenters. The maximum atomic E-state index is 11.8. The van der Waals surface area contributed by atoms with Crippen molar-refractivity contribution in [2.24, 2.45) is 5.10 Å². The van der Waals surface area contributed by atoms with Gasteiger partial charge in [-0.2, -0.15) is 5.10 Å². The highest BCUT2D eigenvalue weighted by molar-refractivity contribution is 5.98. The zero-order valence-electron chi connectivity index (χ0n) is 10.0. The fourth-order valence-corrected chi connectivity index (χ4v) is 1.97. The second-order valence-corrected chi connectivity index (χ2v) is 4.38. The molecule has 0 radical (unpaired) electrons. The van der Waals surface area contributed by atoms with E-state index >= 15 is 0 Å². The number of phenolic OH excluding ortho intramolecular Hbond substituents is 2. The van der Waals surface area contributed by atoms with Crippen molar-refractivity contribution in [3.05, 3.63) is 23.8 Å². The first-order chi connectivity index (χ1) is 8.66. The number of phenols is 2. The van der Waals surface area contributed by atoms with Gasteiger partial charge in [-0.25, -0.2) is 5.43 Å². The van der Waals surface area contributed by atoms with E-state index in [0.717, 1.165) is 37.5 Å². The Morgan fingerprint density at radius 2 is 1.89 bits per heavy atom. The molecule has 1 aliphatic rings. The van der Waals surface area contributed by atoms with Gasteiger partial charge >= 0.3 is 0 Å². The number of amides is 1. The van der Waals surface area contributed by atoms with Crippen molar-refractivity contribution in [3.63, 3.8) is 0 Å². The third-order valence-corrected chi connectivity index (χ3v) is 2.97. The topological polar surface area (TPSA) is 81.9 Å². The summed E-state index contributed by atoms with van der Waals surface area (Å²) in [6.07, 6.45) is 5.27. The third-order valence-electron chi connectivity index (χ3n) is 2.97. The fraction of sp³-hybridized carbons (Fsp3) is 0.385. The second-order valence-electron chi connectivity index (χ2n) is 4.38. The lowest BCUT2D eigenvalue weighted by molar-refractivity contribution is 0.0952. The Kier molecular flexibility index (Phi) is 3.82. The van der Waals surface area contributed by atoms with Crippen LogP contribution in [0.2, 0.25) is 0 Å². The van der Waals surface area contributed by atoms with Crippen LogP contribution in [0.4, 0.5) is 0 Å². The van der Waals surface area contributed by atoms with Crippen LogP contribution in [0, 0.1) is 0 Å². The molecule has 5 heteroatoms. The summed E-state index contributed by atoms with van der Waals surface area (Å²) < 4.78 is 0. The Morgan fingerprint density at radius 1 is 1.17 bits per heavy atom. The molecular weight excluding hydrogens is 232 g/mol. The lowest BCUT2D eigenvalue weighted by Crippen LogP contribution is -2.20. The van der Waals surface area contributed by atoms with Crippen LogP contribution < -0.4 is 5.43 Å². The van der Waals surface area contributed by atoms with Gasteiger partial charge in [0.25, 0.3) is 5.91 Å². The molecule has 2 rings (SSSR count). The van der Waals surface area contributed by atoms with Gasteiger partial charge in [-0.1, -0.05) is 6.42 Å². The highest BCUT2D eigenvalue weighted by Crippen LogP contribution is 2.22. The Bertz CT molecular complexity index is 475. The molecule has 1 aromatic rings. The van der Waals surface area contributed by atoms with Gasteiger partial charge in [0.15, 0.2) is 0 Å². The normalized spacial score (nSPS) is 15.2. The van der Waals surface area contributed by atoms with E-state index in [-0.39, 0.29) is 17.1 Å². The highest BCUT2D eigenvalue weighted by Gasteiger charge is 2.12. The van der Waals surface area contributed by atoms with Crippen molar-refractivity contribution in [2.45, 2.75) is 32.1 Å². The predicted octanol–water partition coefficient (Wildman–Crippen LogP) is 2.15. The van der Waals surface area contributed by atoms with Crippen LogP contribution in [-0.4, -0.2) is 21.8 Å². The largest absolute Gasteiger partial charge is 0.508 e. The molecule has 96 valence electrons. The van der Waals surface area contributed by atoms with Gasteiger partial charge in [-0.15, -0.1) is 0 Å². The summed E-state index contributed by atoms with van der Waals surface area (Å²) >= 11 is 0. The number of nitrogens with one attached hydrogen (secondary N) is 1.